The molecule has 1 aromatic heterocycles. The van der Waals surface area contributed by atoms with Crippen LogP contribution >= 0.6 is 11.8 Å². The lowest BCUT2D eigenvalue weighted by molar-refractivity contribution is -0.119. The lowest BCUT2D eigenvalue weighted by Gasteiger charge is -2.29. The van der Waals surface area contributed by atoms with Gasteiger partial charge in [0.25, 0.3) is 11.1 Å². The van der Waals surface area contributed by atoms with Crippen molar-refractivity contribution in [1.82, 2.24) is 15.5 Å². The van der Waals surface area contributed by atoms with E-state index in [1.807, 2.05) is 6.07 Å². The number of ether oxygens (including phenoxy) is 1. The highest BCUT2D eigenvalue weighted by Gasteiger charge is 2.23. The highest BCUT2D eigenvalue weighted by Crippen LogP contribution is 2.26. The van der Waals surface area contributed by atoms with Crippen molar-refractivity contribution in [3.05, 3.63) is 35.2 Å². The largest absolute Gasteiger partial charge is 0.484 e. The SMILES string of the molecule is C[C@@H]1CCCC[C@@H]1NC(=O)CSc1nnc(COc2ccc3c(c2)CCCC3)o1. The first-order chi connectivity index (χ1) is 14.2. The van der Waals surface area contributed by atoms with Gasteiger partial charge in [-0.05, 0) is 67.7 Å². The molecular weight excluding hydrogens is 386 g/mol. The number of hydrogen-bond donors (Lipinski definition) is 1. The second-order valence-electron chi connectivity index (χ2n) is 8.11. The summed E-state index contributed by atoms with van der Waals surface area (Å²) in [6.45, 7) is 2.45. The van der Waals surface area contributed by atoms with Crippen LogP contribution in [0, 0.1) is 5.92 Å². The molecule has 2 aliphatic carbocycles. The smallest absolute Gasteiger partial charge is 0.277 e. The molecule has 1 fully saturated rings. The topological polar surface area (TPSA) is 77.2 Å². The Bertz CT molecular complexity index is 838. The van der Waals surface area contributed by atoms with Gasteiger partial charge in [0.05, 0.1) is 5.75 Å². The minimum Gasteiger partial charge on any atom is -0.484 e. The first-order valence-electron chi connectivity index (χ1n) is 10.7. The van der Waals surface area contributed by atoms with Crippen LogP contribution < -0.4 is 10.1 Å². The summed E-state index contributed by atoms with van der Waals surface area (Å²) in [5.41, 5.74) is 2.81. The standard InChI is InChI=1S/C22H29N3O3S/c1-15-6-2-5-9-19(15)23-20(26)14-29-22-25-24-21(28-22)13-27-18-11-10-16-7-3-4-8-17(16)12-18/h10-12,15,19H,2-9,13-14H2,1H3,(H,23,26)/t15-,19+/m1/s1. The molecule has 2 aromatic rings. The van der Waals surface area contributed by atoms with Crippen LogP contribution in [0.25, 0.3) is 0 Å². The molecule has 0 radical (unpaired) electrons. The lowest BCUT2D eigenvalue weighted by Crippen LogP contribution is -2.41. The molecule has 1 saturated carbocycles. The van der Waals surface area contributed by atoms with E-state index >= 15 is 0 Å². The zero-order valence-corrected chi connectivity index (χ0v) is 17.8. The molecule has 1 amide bonds. The summed E-state index contributed by atoms with van der Waals surface area (Å²) in [6, 6.07) is 6.58. The molecule has 29 heavy (non-hydrogen) atoms. The molecule has 2 aliphatic rings. The number of benzene rings is 1. The molecule has 0 unspecified atom stereocenters. The Morgan fingerprint density at radius 3 is 2.86 bits per heavy atom. The molecule has 156 valence electrons. The van der Waals surface area contributed by atoms with Gasteiger partial charge in [-0.15, -0.1) is 10.2 Å². The second kappa shape index (κ2) is 9.65. The molecular formula is C22H29N3O3S. The van der Waals surface area contributed by atoms with Crippen LogP contribution in [0.5, 0.6) is 5.75 Å². The summed E-state index contributed by atoms with van der Waals surface area (Å²) in [6.07, 6.45) is 9.52. The van der Waals surface area contributed by atoms with Crippen LogP contribution in [-0.4, -0.2) is 27.9 Å². The van der Waals surface area contributed by atoms with Gasteiger partial charge in [-0.2, -0.15) is 0 Å². The fourth-order valence-corrected chi connectivity index (χ4v) is 4.80. The van der Waals surface area contributed by atoms with E-state index in [9.17, 15) is 4.79 Å². The van der Waals surface area contributed by atoms with Crippen LogP contribution in [0.1, 0.15) is 62.5 Å². The van der Waals surface area contributed by atoms with Gasteiger partial charge in [0.2, 0.25) is 5.91 Å². The van der Waals surface area contributed by atoms with Gasteiger partial charge >= 0.3 is 0 Å². The third-order valence-electron chi connectivity index (χ3n) is 5.92. The Kier molecular flexibility index (Phi) is 6.74. The Morgan fingerprint density at radius 1 is 1.17 bits per heavy atom. The predicted molar refractivity (Wildman–Crippen MR) is 112 cm³/mol. The zero-order valence-electron chi connectivity index (χ0n) is 17.0. The number of aryl methyl sites for hydroxylation is 2. The maximum atomic E-state index is 12.2. The van der Waals surface area contributed by atoms with Crippen LogP contribution in [-0.2, 0) is 24.2 Å². The number of thioether (sulfide) groups is 1. The van der Waals surface area contributed by atoms with Gasteiger partial charge in [0, 0.05) is 6.04 Å². The number of carbonyl (C=O) groups excluding carboxylic acids is 1. The Labute approximate surface area is 176 Å². The number of carbonyl (C=O) groups is 1. The molecule has 1 N–H and O–H groups in total. The third kappa shape index (κ3) is 5.53. The van der Waals surface area contributed by atoms with Crippen LogP contribution in [0.15, 0.2) is 27.8 Å². The van der Waals surface area contributed by atoms with Crippen LogP contribution in [0.4, 0.5) is 0 Å². The molecule has 0 aliphatic heterocycles. The molecule has 0 bridgehead atoms. The van der Waals surface area contributed by atoms with Crippen LogP contribution in [0.3, 0.4) is 0 Å². The minimum atomic E-state index is 0.0267. The number of nitrogens with one attached hydrogen (secondary N) is 1. The number of hydrogen-bond acceptors (Lipinski definition) is 6. The summed E-state index contributed by atoms with van der Waals surface area (Å²) < 4.78 is 11.4. The Balaban J connectivity index is 1.23. The van der Waals surface area contributed by atoms with E-state index in [-0.39, 0.29) is 18.3 Å². The average Bonchev–Trinajstić information content (AvgIpc) is 3.20. The Hall–Kier alpha value is -2.02. The number of nitrogens with zero attached hydrogens (tertiary/aromatic N) is 2. The fourth-order valence-electron chi connectivity index (χ4n) is 4.21. The highest BCUT2D eigenvalue weighted by atomic mass is 32.2. The van der Waals surface area contributed by atoms with E-state index in [1.165, 1.54) is 55.0 Å². The number of fused-ring (bicyclic) bond motifs is 1. The van der Waals surface area contributed by atoms with Gasteiger partial charge < -0.3 is 14.5 Å². The monoisotopic (exact) mass is 415 g/mol. The van der Waals surface area contributed by atoms with Crippen molar-refractivity contribution in [2.45, 2.75) is 76.2 Å². The fraction of sp³-hybridized carbons (Fsp3) is 0.591. The van der Waals surface area contributed by atoms with Crippen LogP contribution in [0.2, 0.25) is 0 Å². The second-order valence-corrected chi connectivity index (χ2v) is 9.04. The van der Waals surface area contributed by atoms with Gasteiger partial charge in [0.1, 0.15) is 5.75 Å². The quantitative estimate of drug-likeness (QED) is 0.679. The zero-order chi connectivity index (χ0) is 20.1. The maximum Gasteiger partial charge on any atom is 0.277 e. The van der Waals surface area contributed by atoms with E-state index in [2.05, 4.69) is 34.6 Å². The van der Waals surface area contributed by atoms with Gasteiger partial charge in [-0.25, -0.2) is 0 Å². The number of amides is 1. The van der Waals surface area contributed by atoms with E-state index in [1.54, 1.807) is 0 Å². The van der Waals surface area contributed by atoms with Crippen molar-refractivity contribution in [3.8, 4) is 5.75 Å². The number of rotatable bonds is 7. The summed E-state index contributed by atoms with van der Waals surface area (Å²) in [7, 11) is 0. The molecule has 0 spiro atoms. The molecule has 1 aromatic carbocycles. The van der Waals surface area contributed by atoms with Gasteiger partial charge in [-0.1, -0.05) is 37.6 Å². The van der Waals surface area contributed by atoms with Crippen molar-refractivity contribution < 1.29 is 13.9 Å². The summed E-state index contributed by atoms with van der Waals surface area (Å²) >= 11 is 1.27. The van der Waals surface area contributed by atoms with E-state index in [0.717, 1.165) is 25.0 Å². The van der Waals surface area contributed by atoms with Gasteiger partial charge in [-0.3, -0.25) is 4.79 Å². The number of aromatic nitrogens is 2. The molecule has 0 saturated heterocycles. The summed E-state index contributed by atoms with van der Waals surface area (Å²) in [5.74, 6) is 2.12. The van der Waals surface area contributed by atoms with Crippen molar-refractivity contribution in [1.29, 1.82) is 0 Å². The lowest BCUT2D eigenvalue weighted by atomic mass is 9.86. The summed E-state index contributed by atoms with van der Waals surface area (Å²) in [5, 5.41) is 11.6. The van der Waals surface area contributed by atoms with Crippen molar-refractivity contribution in [3.63, 3.8) is 0 Å². The minimum absolute atomic E-state index is 0.0267. The predicted octanol–water partition coefficient (Wildman–Crippen LogP) is 4.31. The maximum absolute atomic E-state index is 12.2. The van der Waals surface area contributed by atoms with E-state index < -0.39 is 0 Å². The molecule has 4 rings (SSSR count). The van der Waals surface area contributed by atoms with Crippen molar-refractivity contribution >= 4 is 17.7 Å². The first-order valence-corrected chi connectivity index (χ1v) is 11.6. The van der Waals surface area contributed by atoms with Gasteiger partial charge in [0.15, 0.2) is 6.61 Å². The molecule has 6 nitrogen and oxygen atoms in total. The Morgan fingerprint density at radius 2 is 2.00 bits per heavy atom. The first kappa shape index (κ1) is 20.3. The van der Waals surface area contributed by atoms with Crippen molar-refractivity contribution in [2.75, 3.05) is 5.75 Å². The molecule has 7 heteroatoms. The van der Waals surface area contributed by atoms with Crippen molar-refractivity contribution in [2.24, 2.45) is 5.92 Å². The average molecular weight is 416 g/mol. The molecule has 1 heterocycles. The summed E-state index contributed by atoms with van der Waals surface area (Å²) in [4.78, 5) is 12.2. The van der Waals surface area contributed by atoms with E-state index in [4.69, 9.17) is 9.15 Å². The normalized spacial score (nSPS) is 21.4. The highest BCUT2D eigenvalue weighted by molar-refractivity contribution is 7.99. The third-order valence-corrected chi connectivity index (χ3v) is 6.73. The van der Waals surface area contributed by atoms with E-state index in [0.29, 0.717) is 23.1 Å². The molecule has 2 atom stereocenters.